The number of likely N-dealkylation sites (tertiary alicyclic amines) is 1. The summed E-state index contributed by atoms with van der Waals surface area (Å²) >= 11 is 12.7. The smallest absolute Gasteiger partial charge is 0.261 e. The highest BCUT2D eigenvalue weighted by Crippen LogP contribution is 2.47. The number of hydrogen-bond acceptors (Lipinski definition) is 2. The standard InChI is InChI=1S/C38H41Cl2NO2Si/c1-38(2,3)44(32-13-6-4-7-14-32,33-15-8-5-9-16-33)43-35-26-29(35)23-24-41-36(42)22-21-34(28-11-10-12-31(40)25-28)37(41)27-17-19-30(39)20-18-27/h4-20,25,29,34-35,37H,21-24,26H2,1-3H3. The summed E-state index contributed by atoms with van der Waals surface area (Å²) < 4.78 is 7.40. The molecule has 0 spiro atoms. The number of halogens is 2. The Hall–Kier alpha value is -2.89. The lowest BCUT2D eigenvalue weighted by molar-refractivity contribution is -0.137. The van der Waals surface area contributed by atoms with Crippen LogP contribution in [-0.2, 0) is 9.22 Å². The van der Waals surface area contributed by atoms with Crippen molar-refractivity contribution >= 4 is 47.8 Å². The van der Waals surface area contributed by atoms with Gasteiger partial charge in [-0.25, -0.2) is 0 Å². The van der Waals surface area contributed by atoms with E-state index in [0.717, 1.165) is 29.8 Å². The quantitative estimate of drug-likeness (QED) is 0.171. The number of carbonyl (C=O) groups excluding carboxylic acids is 1. The molecule has 2 aliphatic rings. The van der Waals surface area contributed by atoms with E-state index in [1.165, 1.54) is 15.9 Å². The molecule has 228 valence electrons. The average molecular weight is 643 g/mol. The van der Waals surface area contributed by atoms with Crippen LogP contribution in [0.4, 0.5) is 0 Å². The minimum atomic E-state index is -2.61. The van der Waals surface area contributed by atoms with E-state index in [1.54, 1.807) is 0 Å². The zero-order chi connectivity index (χ0) is 30.9. The van der Waals surface area contributed by atoms with Gasteiger partial charge in [-0.1, -0.05) is 129 Å². The Balaban J connectivity index is 1.25. The van der Waals surface area contributed by atoms with Crippen LogP contribution >= 0.6 is 23.2 Å². The number of nitrogens with zero attached hydrogens (tertiary/aromatic N) is 1. The molecule has 44 heavy (non-hydrogen) atoms. The van der Waals surface area contributed by atoms with Gasteiger partial charge in [-0.3, -0.25) is 4.79 Å². The predicted octanol–water partition coefficient (Wildman–Crippen LogP) is 8.80. The second kappa shape index (κ2) is 12.8. The molecule has 1 amide bonds. The highest BCUT2D eigenvalue weighted by molar-refractivity contribution is 6.99. The number of rotatable bonds is 9. The molecule has 2 fully saturated rings. The number of benzene rings is 4. The van der Waals surface area contributed by atoms with Gasteiger partial charge in [-0.05, 0) is 76.0 Å². The van der Waals surface area contributed by atoms with E-state index in [4.69, 9.17) is 27.6 Å². The van der Waals surface area contributed by atoms with E-state index in [2.05, 4.69) is 111 Å². The first-order chi connectivity index (χ1) is 21.2. The zero-order valence-corrected chi connectivity index (χ0v) is 28.3. The van der Waals surface area contributed by atoms with Crippen molar-refractivity contribution in [1.82, 2.24) is 4.90 Å². The molecule has 0 radical (unpaired) electrons. The number of carbonyl (C=O) groups is 1. The molecule has 1 heterocycles. The van der Waals surface area contributed by atoms with E-state index < -0.39 is 8.32 Å². The van der Waals surface area contributed by atoms with Crippen LogP contribution in [0, 0.1) is 5.92 Å². The summed E-state index contributed by atoms with van der Waals surface area (Å²) in [4.78, 5) is 15.7. The summed E-state index contributed by atoms with van der Waals surface area (Å²) in [7, 11) is -2.61. The molecule has 6 rings (SSSR count). The first-order valence-electron chi connectivity index (χ1n) is 15.8. The van der Waals surface area contributed by atoms with Crippen LogP contribution in [0.25, 0.3) is 0 Å². The molecular weight excluding hydrogens is 601 g/mol. The first kappa shape index (κ1) is 31.1. The molecule has 1 aliphatic carbocycles. The third kappa shape index (κ3) is 6.28. The Labute approximate surface area is 273 Å². The van der Waals surface area contributed by atoms with Crippen molar-refractivity contribution < 1.29 is 9.22 Å². The second-order valence-electron chi connectivity index (χ2n) is 13.4. The lowest BCUT2D eigenvalue weighted by atomic mass is 9.79. The molecule has 0 bridgehead atoms. The largest absolute Gasteiger partial charge is 0.404 e. The van der Waals surface area contributed by atoms with Crippen LogP contribution in [0.3, 0.4) is 0 Å². The van der Waals surface area contributed by atoms with Gasteiger partial charge in [0.05, 0.1) is 6.04 Å². The molecule has 0 aromatic heterocycles. The molecule has 0 N–H and O–H groups in total. The zero-order valence-electron chi connectivity index (χ0n) is 25.8. The van der Waals surface area contributed by atoms with Crippen molar-refractivity contribution in [2.24, 2.45) is 5.92 Å². The minimum absolute atomic E-state index is 0.0600. The van der Waals surface area contributed by atoms with Gasteiger partial charge in [0, 0.05) is 35.0 Å². The van der Waals surface area contributed by atoms with E-state index >= 15 is 0 Å². The van der Waals surface area contributed by atoms with E-state index in [0.29, 0.717) is 23.9 Å². The van der Waals surface area contributed by atoms with Crippen LogP contribution < -0.4 is 10.4 Å². The molecular formula is C38H41Cl2NO2Si. The van der Waals surface area contributed by atoms with Crippen molar-refractivity contribution in [3.05, 3.63) is 130 Å². The molecule has 4 unspecified atom stereocenters. The van der Waals surface area contributed by atoms with Gasteiger partial charge < -0.3 is 9.33 Å². The van der Waals surface area contributed by atoms with Gasteiger partial charge >= 0.3 is 0 Å². The summed E-state index contributed by atoms with van der Waals surface area (Å²) in [5, 5.41) is 3.98. The summed E-state index contributed by atoms with van der Waals surface area (Å²) in [6.07, 6.45) is 3.45. The highest BCUT2D eigenvalue weighted by Gasteiger charge is 2.55. The number of piperidine rings is 1. The van der Waals surface area contributed by atoms with Crippen molar-refractivity contribution in [3.8, 4) is 0 Å². The Morgan fingerprint density at radius 1 is 0.795 bits per heavy atom. The third-order valence-corrected chi connectivity index (χ3v) is 15.1. The van der Waals surface area contributed by atoms with E-state index in [1.807, 2.05) is 24.3 Å². The van der Waals surface area contributed by atoms with E-state index in [-0.39, 0.29) is 29.0 Å². The van der Waals surface area contributed by atoms with Gasteiger partial charge in [0.25, 0.3) is 8.32 Å². The van der Waals surface area contributed by atoms with Crippen LogP contribution in [-0.4, -0.2) is 31.8 Å². The average Bonchev–Trinajstić information content (AvgIpc) is 3.77. The molecule has 6 heteroatoms. The summed E-state index contributed by atoms with van der Waals surface area (Å²) in [5.41, 5.74) is 2.29. The Bertz CT molecular complexity index is 1530. The van der Waals surface area contributed by atoms with Crippen LogP contribution in [0.15, 0.2) is 109 Å². The SMILES string of the molecule is CC(C)(C)[Si](OC1CC1CCN1C(=O)CCC(c2cccc(Cl)c2)C1c1ccc(Cl)cc1)(c1ccccc1)c1ccccc1. The lowest BCUT2D eigenvalue weighted by Gasteiger charge is -2.43. The molecule has 1 saturated carbocycles. The number of amides is 1. The maximum atomic E-state index is 13.6. The topological polar surface area (TPSA) is 29.5 Å². The summed E-state index contributed by atoms with van der Waals surface area (Å²) in [5.74, 6) is 0.797. The Morgan fingerprint density at radius 3 is 2.02 bits per heavy atom. The van der Waals surface area contributed by atoms with Crippen molar-refractivity contribution in [3.63, 3.8) is 0 Å². The van der Waals surface area contributed by atoms with Crippen LogP contribution in [0.1, 0.15) is 69.5 Å². The lowest BCUT2D eigenvalue weighted by Crippen LogP contribution is -2.67. The molecule has 4 atom stereocenters. The fourth-order valence-corrected chi connectivity index (χ4v) is 12.3. The second-order valence-corrected chi connectivity index (χ2v) is 18.5. The maximum Gasteiger partial charge on any atom is 0.261 e. The van der Waals surface area contributed by atoms with Gasteiger partial charge in [0.2, 0.25) is 5.91 Å². The fourth-order valence-electron chi connectivity index (χ4n) is 7.27. The Morgan fingerprint density at radius 2 is 1.43 bits per heavy atom. The van der Waals surface area contributed by atoms with Gasteiger partial charge in [0.15, 0.2) is 0 Å². The van der Waals surface area contributed by atoms with Crippen molar-refractivity contribution in [2.75, 3.05) is 6.54 Å². The Kier molecular flexibility index (Phi) is 9.08. The van der Waals surface area contributed by atoms with Crippen molar-refractivity contribution in [2.45, 2.75) is 69.6 Å². The maximum absolute atomic E-state index is 13.6. The fraction of sp³-hybridized carbons (Fsp3) is 0.342. The third-order valence-electron chi connectivity index (χ3n) is 9.54. The van der Waals surface area contributed by atoms with Gasteiger partial charge in [0.1, 0.15) is 0 Å². The molecule has 4 aromatic carbocycles. The predicted molar refractivity (Wildman–Crippen MR) is 185 cm³/mol. The van der Waals surface area contributed by atoms with Crippen molar-refractivity contribution in [1.29, 1.82) is 0 Å². The monoisotopic (exact) mass is 641 g/mol. The summed E-state index contributed by atoms with van der Waals surface area (Å²) in [6, 6.07) is 37.7. The highest BCUT2D eigenvalue weighted by atomic mass is 35.5. The summed E-state index contributed by atoms with van der Waals surface area (Å²) in [6.45, 7) is 7.69. The molecule has 4 aromatic rings. The van der Waals surface area contributed by atoms with Gasteiger partial charge in [-0.2, -0.15) is 0 Å². The van der Waals surface area contributed by atoms with Gasteiger partial charge in [-0.15, -0.1) is 0 Å². The normalized spacial score (nSPS) is 22.2. The molecule has 3 nitrogen and oxygen atoms in total. The van der Waals surface area contributed by atoms with Crippen LogP contribution in [0.5, 0.6) is 0 Å². The van der Waals surface area contributed by atoms with Crippen LogP contribution in [0.2, 0.25) is 15.1 Å². The number of hydrogen-bond donors (Lipinski definition) is 0. The molecule has 1 saturated heterocycles. The van der Waals surface area contributed by atoms with E-state index in [9.17, 15) is 4.79 Å². The molecule has 1 aliphatic heterocycles. The first-order valence-corrected chi connectivity index (χ1v) is 18.4. The minimum Gasteiger partial charge on any atom is -0.404 e.